The van der Waals surface area contributed by atoms with E-state index in [1.807, 2.05) is 32.0 Å². The third kappa shape index (κ3) is 6.43. The smallest absolute Gasteiger partial charge is 0.331 e. The minimum Gasteiger partial charge on any atom is -0.490 e. The van der Waals surface area contributed by atoms with Gasteiger partial charge in [0, 0.05) is 12.1 Å². The number of amides is 1. The molecule has 2 rings (SSSR count). The molecule has 1 aromatic rings. The first kappa shape index (κ1) is 19.8. The van der Waals surface area contributed by atoms with E-state index in [9.17, 15) is 9.59 Å². The molecular weight excluding hydrogens is 334 g/mol. The van der Waals surface area contributed by atoms with Gasteiger partial charge in [0.25, 0.3) is 5.91 Å². The molecule has 1 fully saturated rings. The Kier molecular flexibility index (Phi) is 7.51. The maximum atomic E-state index is 11.9. The Labute approximate surface area is 154 Å². The standard InChI is InChI=1S/C20H27NO5/c1-4-12-25-17-10-6-15(13-18(17)24-5-2)7-11-19(22)26-14(3)20(23)21-16-8-9-16/h6-7,10-11,13-14,16H,4-5,8-9,12H2,1-3H3,(H,21,23)/b11-7+. The van der Waals surface area contributed by atoms with Crippen molar-refractivity contribution in [2.45, 2.75) is 52.2 Å². The van der Waals surface area contributed by atoms with E-state index in [0.29, 0.717) is 24.7 Å². The molecule has 6 heteroatoms. The number of carbonyl (C=O) groups excluding carboxylic acids is 2. The van der Waals surface area contributed by atoms with E-state index in [2.05, 4.69) is 5.32 Å². The average Bonchev–Trinajstić information content (AvgIpc) is 3.43. The third-order valence-corrected chi connectivity index (χ3v) is 3.73. The highest BCUT2D eigenvalue weighted by Crippen LogP contribution is 2.29. The lowest BCUT2D eigenvalue weighted by molar-refractivity contribution is -0.150. The molecular formula is C20H27NO5. The number of rotatable bonds is 10. The Morgan fingerprint density at radius 1 is 1.23 bits per heavy atom. The maximum absolute atomic E-state index is 11.9. The monoisotopic (exact) mass is 361 g/mol. The van der Waals surface area contributed by atoms with Gasteiger partial charge in [0.2, 0.25) is 0 Å². The van der Waals surface area contributed by atoms with Crippen LogP contribution >= 0.6 is 0 Å². The Morgan fingerprint density at radius 3 is 2.65 bits per heavy atom. The molecule has 0 aliphatic heterocycles. The van der Waals surface area contributed by atoms with Crippen molar-refractivity contribution in [2.75, 3.05) is 13.2 Å². The SMILES string of the molecule is CCCOc1ccc(/C=C/C(=O)OC(C)C(=O)NC2CC2)cc1OCC. The van der Waals surface area contributed by atoms with E-state index in [-0.39, 0.29) is 11.9 Å². The van der Waals surface area contributed by atoms with Crippen molar-refractivity contribution in [1.82, 2.24) is 5.32 Å². The molecule has 1 saturated carbocycles. The summed E-state index contributed by atoms with van der Waals surface area (Å²) < 4.78 is 16.4. The van der Waals surface area contributed by atoms with Gasteiger partial charge in [-0.25, -0.2) is 4.79 Å². The highest BCUT2D eigenvalue weighted by molar-refractivity contribution is 5.90. The van der Waals surface area contributed by atoms with Crippen LogP contribution in [0.2, 0.25) is 0 Å². The first-order chi connectivity index (χ1) is 12.5. The van der Waals surface area contributed by atoms with Gasteiger partial charge >= 0.3 is 5.97 Å². The minimum absolute atomic E-state index is 0.240. The van der Waals surface area contributed by atoms with Crippen molar-refractivity contribution in [3.05, 3.63) is 29.8 Å². The lowest BCUT2D eigenvalue weighted by Gasteiger charge is -2.12. The van der Waals surface area contributed by atoms with Gasteiger partial charge in [-0.1, -0.05) is 13.0 Å². The molecule has 1 unspecified atom stereocenters. The lowest BCUT2D eigenvalue weighted by Crippen LogP contribution is -2.36. The molecule has 1 aliphatic carbocycles. The zero-order valence-electron chi connectivity index (χ0n) is 15.6. The van der Waals surface area contributed by atoms with Crippen LogP contribution in [0.4, 0.5) is 0 Å². The van der Waals surface area contributed by atoms with Crippen LogP contribution in [0, 0.1) is 0 Å². The molecule has 0 aromatic heterocycles. The highest BCUT2D eigenvalue weighted by Gasteiger charge is 2.26. The van der Waals surface area contributed by atoms with Crippen LogP contribution < -0.4 is 14.8 Å². The predicted molar refractivity (Wildman–Crippen MR) is 99.1 cm³/mol. The first-order valence-electron chi connectivity index (χ1n) is 9.12. The van der Waals surface area contributed by atoms with Crippen molar-refractivity contribution in [2.24, 2.45) is 0 Å². The first-order valence-corrected chi connectivity index (χ1v) is 9.12. The van der Waals surface area contributed by atoms with E-state index in [1.54, 1.807) is 13.0 Å². The Balaban J connectivity index is 1.93. The number of ether oxygens (including phenoxy) is 3. The van der Waals surface area contributed by atoms with Gasteiger partial charge in [-0.3, -0.25) is 4.79 Å². The van der Waals surface area contributed by atoms with Gasteiger partial charge in [-0.2, -0.15) is 0 Å². The predicted octanol–water partition coefficient (Wildman–Crippen LogP) is 3.10. The zero-order chi connectivity index (χ0) is 18.9. The van der Waals surface area contributed by atoms with Crippen LogP contribution in [0.5, 0.6) is 11.5 Å². The fourth-order valence-corrected chi connectivity index (χ4v) is 2.21. The summed E-state index contributed by atoms with van der Waals surface area (Å²) in [6, 6.07) is 5.70. The van der Waals surface area contributed by atoms with Gasteiger partial charge in [0.05, 0.1) is 13.2 Å². The average molecular weight is 361 g/mol. The fraction of sp³-hybridized carbons (Fsp3) is 0.500. The van der Waals surface area contributed by atoms with Gasteiger partial charge < -0.3 is 19.5 Å². The van der Waals surface area contributed by atoms with Crippen molar-refractivity contribution < 1.29 is 23.8 Å². The van der Waals surface area contributed by atoms with E-state index in [1.165, 1.54) is 6.08 Å². The van der Waals surface area contributed by atoms with Crippen LogP contribution in [0.25, 0.3) is 6.08 Å². The van der Waals surface area contributed by atoms with E-state index >= 15 is 0 Å². The number of esters is 1. The molecule has 1 amide bonds. The van der Waals surface area contributed by atoms with Crippen molar-refractivity contribution in [3.8, 4) is 11.5 Å². The molecule has 6 nitrogen and oxygen atoms in total. The summed E-state index contributed by atoms with van der Waals surface area (Å²) in [5, 5.41) is 2.81. The van der Waals surface area contributed by atoms with Gasteiger partial charge in [0.1, 0.15) is 0 Å². The van der Waals surface area contributed by atoms with Crippen molar-refractivity contribution in [3.63, 3.8) is 0 Å². The topological polar surface area (TPSA) is 73.9 Å². The number of benzene rings is 1. The van der Waals surface area contributed by atoms with Gasteiger partial charge in [0.15, 0.2) is 17.6 Å². The Bertz CT molecular complexity index is 652. The Hall–Kier alpha value is -2.50. The van der Waals surface area contributed by atoms with Crippen LogP contribution in [0.15, 0.2) is 24.3 Å². The van der Waals surface area contributed by atoms with E-state index in [0.717, 1.165) is 24.8 Å². The van der Waals surface area contributed by atoms with Gasteiger partial charge in [-0.15, -0.1) is 0 Å². The molecule has 0 heterocycles. The molecule has 0 spiro atoms. The summed E-state index contributed by atoms with van der Waals surface area (Å²) in [5.74, 6) is 0.491. The number of hydrogen-bond acceptors (Lipinski definition) is 5. The lowest BCUT2D eigenvalue weighted by atomic mass is 10.2. The quantitative estimate of drug-likeness (QED) is 0.512. The molecule has 0 saturated heterocycles. The summed E-state index contributed by atoms with van der Waals surface area (Å²) in [6.07, 6.45) is 5.01. The number of nitrogens with one attached hydrogen (secondary N) is 1. The second kappa shape index (κ2) is 9.85. The molecule has 26 heavy (non-hydrogen) atoms. The fourth-order valence-electron chi connectivity index (χ4n) is 2.21. The molecule has 0 bridgehead atoms. The van der Waals surface area contributed by atoms with Crippen molar-refractivity contribution in [1.29, 1.82) is 0 Å². The summed E-state index contributed by atoms with van der Waals surface area (Å²) in [6.45, 7) is 6.64. The molecule has 142 valence electrons. The van der Waals surface area contributed by atoms with Crippen LogP contribution in [-0.2, 0) is 14.3 Å². The number of carbonyl (C=O) groups is 2. The molecule has 1 aliphatic rings. The molecule has 0 radical (unpaired) electrons. The van der Waals surface area contributed by atoms with E-state index in [4.69, 9.17) is 14.2 Å². The second-order valence-corrected chi connectivity index (χ2v) is 6.18. The molecule has 1 N–H and O–H groups in total. The normalized spacial score (nSPS) is 14.7. The molecule has 1 atom stereocenters. The maximum Gasteiger partial charge on any atom is 0.331 e. The van der Waals surface area contributed by atoms with Crippen molar-refractivity contribution >= 4 is 18.0 Å². The van der Waals surface area contributed by atoms with Crippen LogP contribution in [0.1, 0.15) is 45.6 Å². The largest absolute Gasteiger partial charge is 0.490 e. The number of hydrogen-bond donors (Lipinski definition) is 1. The summed E-state index contributed by atoms with van der Waals surface area (Å²) in [4.78, 5) is 23.7. The molecule has 1 aromatic carbocycles. The Morgan fingerprint density at radius 2 is 2.00 bits per heavy atom. The highest BCUT2D eigenvalue weighted by atomic mass is 16.5. The summed E-state index contributed by atoms with van der Waals surface area (Å²) in [5.41, 5.74) is 0.782. The summed E-state index contributed by atoms with van der Waals surface area (Å²) >= 11 is 0. The minimum atomic E-state index is -0.809. The van der Waals surface area contributed by atoms with Crippen LogP contribution in [0.3, 0.4) is 0 Å². The van der Waals surface area contributed by atoms with E-state index < -0.39 is 12.1 Å². The zero-order valence-corrected chi connectivity index (χ0v) is 15.6. The second-order valence-electron chi connectivity index (χ2n) is 6.18. The summed E-state index contributed by atoms with van der Waals surface area (Å²) in [7, 11) is 0. The van der Waals surface area contributed by atoms with Crippen LogP contribution in [-0.4, -0.2) is 37.2 Å². The van der Waals surface area contributed by atoms with Gasteiger partial charge in [-0.05, 0) is 56.9 Å². The third-order valence-electron chi connectivity index (χ3n) is 3.73.